The quantitative estimate of drug-likeness (QED) is 0.0851. The van der Waals surface area contributed by atoms with Crippen LogP contribution in [0.4, 0.5) is 27.9 Å². The van der Waals surface area contributed by atoms with Crippen molar-refractivity contribution in [2.45, 2.75) is 6.92 Å². The Morgan fingerprint density at radius 3 is 2.33 bits per heavy atom. The van der Waals surface area contributed by atoms with Crippen molar-refractivity contribution in [1.82, 2.24) is 25.1 Å². The Morgan fingerprint density at radius 1 is 0.796 bits per heavy atom. The van der Waals surface area contributed by atoms with Gasteiger partial charge in [0.25, 0.3) is 5.91 Å². The monoisotopic (exact) mass is 720 g/mol. The number of carbonyl (C=O) groups is 2. The van der Waals surface area contributed by atoms with E-state index in [4.69, 9.17) is 19.7 Å². The Labute approximate surface area is 310 Å². The number of anilines is 4. The van der Waals surface area contributed by atoms with Gasteiger partial charge in [-0.05, 0) is 49.4 Å². The summed E-state index contributed by atoms with van der Waals surface area (Å²) in [7, 11) is 1.52. The van der Waals surface area contributed by atoms with Crippen LogP contribution in [0, 0.1) is 6.92 Å². The number of fused-ring (bicyclic) bond motifs is 1. The van der Waals surface area contributed by atoms with Crippen LogP contribution in [-0.4, -0.2) is 57.1 Å². The molecule has 270 valence electrons. The second-order valence-corrected chi connectivity index (χ2v) is 12.1. The van der Waals surface area contributed by atoms with Gasteiger partial charge in [0, 0.05) is 46.8 Å². The van der Waals surface area contributed by atoms with Crippen LogP contribution in [0.3, 0.4) is 0 Å². The molecule has 5 aromatic carbocycles. The molecule has 3 amide bonds. The van der Waals surface area contributed by atoms with Gasteiger partial charge in [0.1, 0.15) is 17.3 Å². The fraction of sp³-hybridized carbons (Fsp3) is 0.0976. The van der Waals surface area contributed by atoms with Gasteiger partial charge in [-0.2, -0.15) is 10.1 Å². The molecule has 0 radical (unpaired) electrons. The van der Waals surface area contributed by atoms with Crippen molar-refractivity contribution in [2.75, 3.05) is 36.2 Å². The van der Waals surface area contributed by atoms with Gasteiger partial charge in [-0.3, -0.25) is 10.1 Å². The smallest absolute Gasteiger partial charge is 0.324 e. The standard InChI is InChI=1S/C41H36N8O5/c1-26-12-15-29(16-13-26)49-37(25-33(48-49)27-8-4-3-5-9-27)46-41(52)45-32-17-19-35(31-11-7-6-10-30(31)32)54-38-20-21-43-40(47-38)44-34-24-28(14-18-36(34)53-2)39(51)42-22-23-50/h3-21,24-25,50H,22-23H2,1-2H3,(H,42,51)(H,43,44,47)(H2,45,46,52). The lowest BCUT2D eigenvalue weighted by atomic mass is 10.1. The van der Waals surface area contributed by atoms with Crippen LogP contribution in [0.25, 0.3) is 27.7 Å². The van der Waals surface area contributed by atoms with Crippen molar-refractivity contribution >= 4 is 45.9 Å². The minimum Gasteiger partial charge on any atom is -0.495 e. The number of methoxy groups -OCH3 is 1. The predicted molar refractivity (Wildman–Crippen MR) is 208 cm³/mol. The zero-order valence-electron chi connectivity index (χ0n) is 29.4. The first-order valence-electron chi connectivity index (χ1n) is 17.1. The van der Waals surface area contributed by atoms with Crippen LogP contribution in [-0.2, 0) is 0 Å². The van der Waals surface area contributed by atoms with Crippen molar-refractivity contribution in [2.24, 2.45) is 0 Å². The first-order valence-corrected chi connectivity index (χ1v) is 17.1. The summed E-state index contributed by atoms with van der Waals surface area (Å²) in [5.41, 5.74) is 4.96. The largest absolute Gasteiger partial charge is 0.495 e. The van der Waals surface area contributed by atoms with E-state index >= 15 is 0 Å². The molecular weight excluding hydrogens is 685 g/mol. The van der Waals surface area contributed by atoms with E-state index in [9.17, 15) is 9.59 Å². The number of aromatic nitrogens is 4. The van der Waals surface area contributed by atoms with Crippen LogP contribution >= 0.6 is 0 Å². The molecule has 7 aromatic rings. The molecule has 0 aliphatic heterocycles. The maximum Gasteiger partial charge on any atom is 0.324 e. The highest BCUT2D eigenvalue weighted by molar-refractivity contribution is 6.07. The SMILES string of the molecule is COc1ccc(C(=O)NCCO)cc1Nc1nccc(Oc2ccc(NC(=O)Nc3cc(-c4ccccc4)nn3-c3ccc(C)cc3)c3ccccc23)n1. The molecule has 0 saturated heterocycles. The molecule has 0 aliphatic carbocycles. The summed E-state index contributed by atoms with van der Waals surface area (Å²) >= 11 is 0. The molecule has 54 heavy (non-hydrogen) atoms. The molecule has 0 bridgehead atoms. The summed E-state index contributed by atoms with van der Waals surface area (Å²) in [6.45, 7) is 1.98. The summed E-state index contributed by atoms with van der Waals surface area (Å²) in [5.74, 6) is 1.59. The highest BCUT2D eigenvalue weighted by Crippen LogP contribution is 2.35. The van der Waals surface area contributed by atoms with Crippen molar-refractivity contribution in [3.8, 4) is 34.3 Å². The highest BCUT2D eigenvalue weighted by Gasteiger charge is 2.17. The fourth-order valence-electron chi connectivity index (χ4n) is 5.75. The number of aryl methyl sites for hydroxylation is 1. The number of ether oxygens (including phenoxy) is 2. The van der Waals surface area contributed by atoms with Gasteiger partial charge in [0.15, 0.2) is 0 Å². The maximum atomic E-state index is 13.6. The number of hydrogen-bond donors (Lipinski definition) is 5. The highest BCUT2D eigenvalue weighted by atomic mass is 16.5. The van der Waals surface area contributed by atoms with Crippen molar-refractivity contribution < 1.29 is 24.2 Å². The van der Waals surface area contributed by atoms with E-state index in [1.54, 1.807) is 47.3 Å². The summed E-state index contributed by atoms with van der Waals surface area (Å²) in [4.78, 5) is 34.9. The molecule has 0 atom stereocenters. The number of rotatable bonds is 12. The third-order valence-electron chi connectivity index (χ3n) is 8.38. The predicted octanol–water partition coefficient (Wildman–Crippen LogP) is 7.70. The number of nitrogens with one attached hydrogen (secondary N) is 4. The number of aliphatic hydroxyl groups excluding tert-OH is 1. The van der Waals surface area contributed by atoms with Gasteiger partial charge < -0.3 is 30.5 Å². The lowest BCUT2D eigenvalue weighted by Gasteiger charge is -2.15. The normalized spacial score (nSPS) is 10.8. The molecule has 2 aromatic heterocycles. The van der Waals surface area contributed by atoms with E-state index in [-0.39, 0.29) is 30.9 Å². The molecule has 13 nitrogen and oxygen atoms in total. The first kappa shape index (κ1) is 35.2. The zero-order valence-corrected chi connectivity index (χ0v) is 29.4. The van der Waals surface area contributed by atoms with E-state index in [2.05, 4.69) is 31.2 Å². The first-order chi connectivity index (χ1) is 26.4. The van der Waals surface area contributed by atoms with Crippen LogP contribution in [0.2, 0.25) is 0 Å². The van der Waals surface area contributed by atoms with E-state index in [0.29, 0.717) is 34.3 Å². The van der Waals surface area contributed by atoms with Gasteiger partial charge in [0.05, 0.1) is 36.5 Å². The lowest BCUT2D eigenvalue weighted by molar-refractivity contribution is 0.0944. The molecule has 0 fully saturated rings. The lowest BCUT2D eigenvalue weighted by Crippen LogP contribution is -2.26. The Bertz CT molecular complexity index is 2430. The number of benzene rings is 5. The van der Waals surface area contributed by atoms with Crippen LogP contribution in [0.5, 0.6) is 17.4 Å². The van der Waals surface area contributed by atoms with Crippen molar-refractivity contribution in [3.05, 3.63) is 139 Å². The fourth-order valence-corrected chi connectivity index (χ4v) is 5.75. The molecule has 0 aliphatic rings. The van der Waals surface area contributed by atoms with Gasteiger partial charge in [-0.25, -0.2) is 14.5 Å². The topological polar surface area (TPSA) is 165 Å². The molecule has 0 saturated carbocycles. The zero-order chi connectivity index (χ0) is 37.4. The number of hydrogen-bond acceptors (Lipinski definition) is 9. The van der Waals surface area contributed by atoms with Crippen LogP contribution in [0.1, 0.15) is 15.9 Å². The van der Waals surface area contributed by atoms with Crippen LogP contribution in [0.15, 0.2) is 128 Å². The molecule has 5 N–H and O–H groups in total. The number of urea groups is 1. The van der Waals surface area contributed by atoms with Gasteiger partial charge in [-0.1, -0.05) is 72.3 Å². The summed E-state index contributed by atoms with van der Waals surface area (Å²) in [5, 5.41) is 27.1. The molecular formula is C41H36N8O5. The summed E-state index contributed by atoms with van der Waals surface area (Å²) in [6, 6.07) is 36.7. The van der Waals surface area contributed by atoms with Crippen LogP contribution < -0.4 is 30.7 Å². The third-order valence-corrected chi connectivity index (χ3v) is 8.38. The summed E-state index contributed by atoms with van der Waals surface area (Å²) in [6.07, 6.45) is 1.54. The van der Waals surface area contributed by atoms with E-state index in [1.165, 1.54) is 7.11 Å². The average molecular weight is 721 g/mol. The Kier molecular flexibility index (Phi) is 10.4. The van der Waals surface area contributed by atoms with E-state index in [1.807, 2.05) is 91.9 Å². The molecule has 0 unspecified atom stereocenters. The van der Waals surface area contributed by atoms with E-state index in [0.717, 1.165) is 33.3 Å². The van der Waals surface area contributed by atoms with Gasteiger partial charge >= 0.3 is 6.03 Å². The molecule has 0 spiro atoms. The van der Waals surface area contributed by atoms with Crippen molar-refractivity contribution in [3.63, 3.8) is 0 Å². The molecule has 13 heteroatoms. The average Bonchev–Trinajstić information content (AvgIpc) is 3.62. The second kappa shape index (κ2) is 16.0. The Morgan fingerprint density at radius 2 is 1.56 bits per heavy atom. The number of aliphatic hydroxyl groups is 1. The van der Waals surface area contributed by atoms with Crippen molar-refractivity contribution in [1.29, 1.82) is 0 Å². The Balaban J connectivity index is 1.11. The minimum atomic E-state index is -0.446. The van der Waals surface area contributed by atoms with E-state index < -0.39 is 6.03 Å². The number of nitrogens with zero attached hydrogens (tertiary/aromatic N) is 4. The third kappa shape index (κ3) is 7.96. The number of amides is 3. The van der Waals surface area contributed by atoms with Gasteiger partial charge in [0.2, 0.25) is 11.8 Å². The summed E-state index contributed by atoms with van der Waals surface area (Å²) < 4.78 is 13.4. The Hall–Kier alpha value is -7.25. The molecule has 2 heterocycles. The number of carbonyl (C=O) groups excluding carboxylic acids is 2. The molecule has 7 rings (SSSR count). The second-order valence-electron chi connectivity index (χ2n) is 12.1. The minimum absolute atomic E-state index is 0.131. The van der Waals surface area contributed by atoms with Gasteiger partial charge in [-0.15, -0.1) is 0 Å². The maximum absolute atomic E-state index is 13.6.